The first-order valence-corrected chi connectivity index (χ1v) is 7.76. The van der Waals surface area contributed by atoms with Crippen molar-refractivity contribution in [3.8, 4) is 5.75 Å². The Balaban J connectivity index is 2.04. The maximum absolute atomic E-state index is 13.0. The van der Waals surface area contributed by atoms with E-state index in [-0.39, 0.29) is 5.69 Å². The molecule has 8 heteroatoms. The second-order valence-electron chi connectivity index (χ2n) is 4.48. The van der Waals surface area contributed by atoms with E-state index in [0.717, 1.165) is 6.07 Å². The molecule has 3 nitrogen and oxygen atoms in total. The fraction of sp³-hybridized carbons (Fsp3) is 0.133. The summed E-state index contributed by atoms with van der Waals surface area (Å²) in [5.74, 6) is -0.296. The Morgan fingerprint density at radius 1 is 1.17 bits per heavy atom. The molecular formula is C15H10ClF3INO2. The number of carbonyl (C=O) groups is 1. The van der Waals surface area contributed by atoms with Crippen molar-refractivity contribution in [2.75, 3.05) is 11.9 Å². The van der Waals surface area contributed by atoms with Crippen molar-refractivity contribution in [1.29, 1.82) is 0 Å². The smallest absolute Gasteiger partial charge is 0.418 e. The number of halogens is 5. The molecule has 0 heterocycles. The number of benzene rings is 2. The molecule has 0 unspecified atom stereocenters. The van der Waals surface area contributed by atoms with Crippen LogP contribution < -0.4 is 10.1 Å². The number of amides is 1. The lowest BCUT2D eigenvalue weighted by Crippen LogP contribution is -2.22. The lowest BCUT2D eigenvalue weighted by molar-refractivity contribution is -0.137. The summed E-state index contributed by atoms with van der Waals surface area (Å²) in [5.41, 5.74) is -1.20. The van der Waals surface area contributed by atoms with Crippen molar-refractivity contribution < 1.29 is 22.7 Å². The van der Waals surface area contributed by atoms with E-state index in [1.54, 1.807) is 46.9 Å². The molecule has 0 saturated carbocycles. The zero-order valence-corrected chi connectivity index (χ0v) is 14.4. The Bertz CT molecular complexity index is 705. The van der Waals surface area contributed by atoms with Crippen LogP contribution in [0.25, 0.3) is 0 Å². The number of hydrogen-bond acceptors (Lipinski definition) is 2. The molecule has 0 aliphatic rings. The highest BCUT2D eigenvalue weighted by Crippen LogP contribution is 2.35. The standard InChI is InChI=1S/C15H10ClF3INO2/c16-9-1-4-11(5-2-9)23-8-14(22)21-13-6-3-10(20)7-12(13)15(17,18)19/h1-7H,8H2,(H,21,22). The molecule has 0 radical (unpaired) electrons. The van der Waals surface area contributed by atoms with Crippen molar-refractivity contribution in [2.24, 2.45) is 0 Å². The van der Waals surface area contributed by atoms with Crippen LogP contribution in [0.1, 0.15) is 5.56 Å². The monoisotopic (exact) mass is 455 g/mol. The summed E-state index contributed by atoms with van der Waals surface area (Å²) < 4.78 is 44.5. The summed E-state index contributed by atoms with van der Waals surface area (Å²) in [6.07, 6.45) is -4.55. The van der Waals surface area contributed by atoms with Gasteiger partial charge in [0.25, 0.3) is 5.91 Å². The quantitative estimate of drug-likeness (QED) is 0.661. The van der Waals surface area contributed by atoms with E-state index in [1.807, 2.05) is 0 Å². The van der Waals surface area contributed by atoms with Crippen molar-refractivity contribution in [3.63, 3.8) is 0 Å². The van der Waals surface area contributed by atoms with Crippen molar-refractivity contribution >= 4 is 45.8 Å². The summed E-state index contributed by atoms with van der Waals surface area (Å²) in [7, 11) is 0. The highest BCUT2D eigenvalue weighted by molar-refractivity contribution is 14.1. The number of anilines is 1. The minimum atomic E-state index is -4.55. The van der Waals surface area contributed by atoms with Gasteiger partial charge in [-0.05, 0) is 65.1 Å². The van der Waals surface area contributed by atoms with E-state index in [2.05, 4.69) is 5.32 Å². The van der Waals surface area contributed by atoms with Gasteiger partial charge in [0.15, 0.2) is 6.61 Å². The molecule has 2 rings (SSSR count). The SMILES string of the molecule is O=C(COc1ccc(Cl)cc1)Nc1ccc(I)cc1C(F)(F)F. The van der Waals surface area contributed by atoms with E-state index in [0.29, 0.717) is 14.3 Å². The highest BCUT2D eigenvalue weighted by atomic mass is 127. The van der Waals surface area contributed by atoms with E-state index in [9.17, 15) is 18.0 Å². The minimum Gasteiger partial charge on any atom is -0.484 e. The van der Waals surface area contributed by atoms with Gasteiger partial charge >= 0.3 is 6.18 Å². The number of carbonyl (C=O) groups excluding carboxylic acids is 1. The molecule has 0 saturated heterocycles. The van der Waals surface area contributed by atoms with Crippen LogP contribution in [0.5, 0.6) is 5.75 Å². The number of alkyl halides is 3. The second-order valence-corrected chi connectivity index (χ2v) is 6.16. The zero-order valence-electron chi connectivity index (χ0n) is 11.5. The van der Waals surface area contributed by atoms with Crippen LogP contribution in [-0.4, -0.2) is 12.5 Å². The number of rotatable bonds is 4. The molecule has 122 valence electrons. The van der Waals surface area contributed by atoms with Crippen LogP contribution in [0.2, 0.25) is 5.02 Å². The lowest BCUT2D eigenvalue weighted by Gasteiger charge is -2.14. The molecule has 0 aliphatic heterocycles. The molecule has 0 fully saturated rings. The zero-order chi connectivity index (χ0) is 17.0. The Morgan fingerprint density at radius 3 is 2.43 bits per heavy atom. The number of ether oxygens (including phenoxy) is 1. The van der Waals surface area contributed by atoms with Gasteiger partial charge in [-0.25, -0.2) is 0 Å². The predicted molar refractivity (Wildman–Crippen MR) is 89.7 cm³/mol. The van der Waals surface area contributed by atoms with Crippen LogP contribution in [0.15, 0.2) is 42.5 Å². The third kappa shape index (κ3) is 5.28. The summed E-state index contributed by atoms with van der Waals surface area (Å²) in [6.45, 7) is -0.412. The Kier molecular flexibility index (Phi) is 5.74. The van der Waals surface area contributed by atoms with E-state index in [4.69, 9.17) is 16.3 Å². The largest absolute Gasteiger partial charge is 0.484 e. The van der Waals surface area contributed by atoms with Gasteiger partial charge in [-0.15, -0.1) is 0 Å². The first-order chi connectivity index (χ1) is 10.8. The van der Waals surface area contributed by atoms with Crippen LogP contribution in [-0.2, 0) is 11.0 Å². The molecule has 23 heavy (non-hydrogen) atoms. The summed E-state index contributed by atoms with van der Waals surface area (Å²) in [6, 6.07) is 9.93. The van der Waals surface area contributed by atoms with Gasteiger partial charge in [0.05, 0.1) is 11.3 Å². The van der Waals surface area contributed by atoms with Crippen LogP contribution in [0.3, 0.4) is 0 Å². The van der Waals surface area contributed by atoms with Gasteiger partial charge in [-0.1, -0.05) is 11.6 Å². The summed E-state index contributed by atoms with van der Waals surface area (Å²) in [4.78, 5) is 11.8. The van der Waals surface area contributed by atoms with E-state index < -0.39 is 24.3 Å². The lowest BCUT2D eigenvalue weighted by atomic mass is 10.1. The second kappa shape index (κ2) is 7.39. The maximum atomic E-state index is 13.0. The molecule has 0 spiro atoms. The molecule has 0 aliphatic carbocycles. The third-order valence-electron chi connectivity index (χ3n) is 2.74. The van der Waals surface area contributed by atoms with Crippen molar-refractivity contribution in [3.05, 3.63) is 56.6 Å². The first-order valence-electron chi connectivity index (χ1n) is 6.30. The molecule has 0 atom stereocenters. The van der Waals surface area contributed by atoms with Crippen molar-refractivity contribution in [2.45, 2.75) is 6.18 Å². The third-order valence-corrected chi connectivity index (χ3v) is 3.67. The first kappa shape index (κ1) is 17.9. The minimum absolute atomic E-state index is 0.303. The Hall–Kier alpha value is -1.48. The Morgan fingerprint density at radius 2 is 1.83 bits per heavy atom. The average molecular weight is 456 g/mol. The summed E-state index contributed by atoms with van der Waals surface area (Å²) in [5, 5.41) is 2.72. The number of hydrogen-bond donors (Lipinski definition) is 1. The van der Waals surface area contributed by atoms with Gasteiger partial charge in [-0.2, -0.15) is 13.2 Å². The maximum Gasteiger partial charge on any atom is 0.418 e. The van der Waals surface area contributed by atoms with Gasteiger partial charge in [0.2, 0.25) is 0 Å². The van der Waals surface area contributed by atoms with Crippen molar-refractivity contribution in [1.82, 2.24) is 0 Å². The molecule has 1 amide bonds. The predicted octanol–water partition coefficient (Wildman–Crippen LogP) is 4.98. The topological polar surface area (TPSA) is 38.3 Å². The molecule has 2 aromatic carbocycles. The fourth-order valence-corrected chi connectivity index (χ4v) is 2.34. The highest BCUT2D eigenvalue weighted by Gasteiger charge is 2.34. The van der Waals surface area contributed by atoms with Gasteiger partial charge < -0.3 is 10.1 Å². The van der Waals surface area contributed by atoms with Gasteiger partial charge in [0.1, 0.15) is 5.75 Å². The van der Waals surface area contributed by atoms with Crippen LogP contribution in [0, 0.1) is 3.57 Å². The van der Waals surface area contributed by atoms with Gasteiger partial charge in [0, 0.05) is 8.59 Å². The van der Waals surface area contributed by atoms with Crippen LogP contribution >= 0.6 is 34.2 Å². The van der Waals surface area contributed by atoms with Gasteiger partial charge in [-0.3, -0.25) is 4.79 Å². The molecule has 0 bridgehead atoms. The molecule has 1 N–H and O–H groups in total. The molecule has 0 aromatic heterocycles. The fourth-order valence-electron chi connectivity index (χ4n) is 1.73. The Labute approximate surface area is 148 Å². The van der Waals surface area contributed by atoms with E-state index in [1.165, 1.54) is 12.1 Å². The number of nitrogens with one attached hydrogen (secondary N) is 1. The summed E-state index contributed by atoms with van der Waals surface area (Å²) >= 11 is 7.49. The normalized spacial score (nSPS) is 11.2. The average Bonchev–Trinajstić information content (AvgIpc) is 2.47. The van der Waals surface area contributed by atoms with Crippen LogP contribution in [0.4, 0.5) is 18.9 Å². The van der Waals surface area contributed by atoms with E-state index >= 15 is 0 Å². The molecule has 2 aromatic rings. The molecular weight excluding hydrogens is 446 g/mol.